The van der Waals surface area contributed by atoms with Crippen molar-refractivity contribution in [1.82, 2.24) is 0 Å². The summed E-state index contributed by atoms with van der Waals surface area (Å²) in [6.45, 7) is 9.15. The summed E-state index contributed by atoms with van der Waals surface area (Å²) in [6, 6.07) is 0. The van der Waals surface area contributed by atoms with E-state index in [-0.39, 0.29) is 5.57 Å². The van der Waals surface area contributed by atoms with Crippen molar-refractivity contribution in [3.05, 3.63) is 12.2 Å². The van der Waals surface area contributed by atoms with Crippen LogP contribution in [0.25, 0.3) is 0 Å². The molecule has 0 heterocycles. The maximum absolute atomic E-state index is 11.7. The molecule has 1 unspecified atom stereocenters. The molecular formula is C10H17O4. The van der Waals surface area contributed by atoms with E-state index in [1.807, 2.05) is 0 Å². The minimum absolute atomic E-state index is 0.234. The first-order valence-electron chi connectivity index (χ1n) is 4.28. The zero-order valence-corrected chi connectivity index (χ0v) is 9.34. The summed E-state index contributed by atoms with van der Waals surface area (Å²) < 4.78 is 9.87. The van der Waals surface area contributed by atoms with E-state index in [2.05, 4.69) is 6.58 Å². The maximum atomic E-state index is 11.7. The smallest absolute Gasteiger partial charge is 0.335 e. The molecule has 4 heteroatoms. The molecule has 0 amide bonds. The van der Waals surface area contributed by atoms with Crippen LogP contribution < -0.4 is 0 Å². The van der Waals surface area contributed by atoms with Crippen molar-refractivity contribution < 1.29 is 19.4 Å². The van der Waals surface area contributed by atoms with Crippen LogP contribution in [-0.2, 0) is 19.4 Å². The largest absolute Gasteiger partial charge is 0.427 e. The highest BCUT2D eigenvalue weighted by atomic mass is 16.7. The van der Waals surface area contributed by atoms with Crippen LogP contribution in [0.2, 0.25) is 0 Å². The molecular weight excluding hydrogens is 184 g/mol. The van der Waals surface area contributed by atoms with E-state index in [1.165, 1.54) is 34.8 Å². The third-order valence-corrected chi connectivity index (χ3v) is 2.12. The summed E-state index contributed by atoms with van der Waals surface area (Å²) >= 11 is 0. The van der Waals surface area contributed by atoms with Gasteiger partial charge >= 0.3 is 5.97 Å². The SMILES string of the molecule is C=C(C)C(=O)OC(C)(OC)C(C)(C)[O]. The number of carbonyl (C=O) groups is 1. The van der Waals surface area contributed by atoms with Gasteiger partial charge in [-0.2, -0.15) is 0 Å². The van der Waals surface area contributed by atoms with Crippen LogP contribution in [0.4, 0.5) is 0 Å². The number of rotatable bonds is 4. The Morgan fingerprint density at radius 2 is 1.71 bits per heavy atom. The van der Waals surface area contributed by atoms with Crippen LogP contribution in [0.15, 0.2) is 12.2 Å². The van der Waals surface area contributed by atoms with Gasteiger partial charge < -0.3 is 9.47 Å². The molecule has 0 bridgehead atoms. The van der Waals surface area contributed by atoms with Gasteiger partial charge in [-0.3, -0.25) is 0 Å². The van der Waals surface area contributed by atoms with Gasteiger partial charge in [-0.1, -0.05) is 6.58 Å². The van der Waals surface area contributed by atoms with E-state index in [1.54, 1.807) is 0 Å². The van der Waals surface area contributed by atoms with E-state index < -0.39 is 17.4 Å². The summed E-state index contributed by atoms with van der Waals surface area (Å²) in [6.07, 6.45) is 0. The van der Waals surface area contributed by atoms with Gasteiger partial charge in [-0.25, -0.2) is 9.90 Å². The monoisotopic (exact) mass is 201 g/mol. The number of esters is 1. The Morgan fingerprint density at radius 1 is 1.29 bits per heavy atom. The number of carbonyl (C=O) groups excluding carboxylic acids is 1. The highest BCUT2D eigenvalue weighted by Crippen LogP contribution is 2.27. The van der Waals surface area contributed by atoms with E-state index in [0.717, 1.165) is 0 Å². The van der Waals surface area contributed by atoms with Crippen LogP contribution in [0.3, 0.4) is 0 Å². The molecule has 0 fully saturated rings. The third kappa shape index (κ3) is 2.82. The van der Waals surface area contributed by atoms with Crippen molar-refractivity contribution >= 4 is 5.97 Å². The van der Waals surface area contributed by atoms with Gasteiger partial charge in [-0.15, -0.1) is 0 Å². The normalized spacial score (nSPS) is 15.9. The second kappa shape index (κ2) is 4.11. The third-order valence-electron chi connectivity index (χ3n) is 2.12. The quantitative estimate of drug-likeness (QED) is 0.395. The zero-order chi connectivity index (χ0) is 11.6. The zero-order valence-electron chi connectivity index (χ0n) is 9.34. The van der Waals surface area contributed by atoms with Gasteiger partial charge in [0, 0.05) is 19.6 Å². The van der Waals surface area contributed by atoms with Crippen LogP contribution in [0.5, 0.6) is 0 Å². The molecule has 0 rings (SSSR count). The summed E-state index contributed by atoms with van der Waals surface area (Å²) in [5.41, 5.74) is -1.30. The molecule has 0 saturated heterocycles. The maximum Gasteiger partial charge on any atom is 0.335 e. The van der Waals surface area contributed by atoms with Gasteiger partial charge in [-0.05, 0) is 20.8 Å². The molecule has 0 N–H and O–H groups in total. The van der Waals surface area contributed by atoms with Gasteiger partial charge in [0.15, 0.2) is 5.60 Å². The molecule has 0 aromatic carbocycles. The molecule has 0 aliphatic rings. The van der Waals surface area contributed by atoms with Crippen LogP contribution in [0.1, 0.15) is 27.7 Å². The molecule has 4 nitrogen and oxygen atoms in total. The van der Waals surface area contributed by atoms with Crippen molar-refractivity contribution in [3.63, 3.8) is 0 Å². The van der Waals surface area contributed by atoms with Crippen molar-refractivity contribution in [2.24, 2.45) is 0 Å². The number of hydrogen-bond acceptors (Lipinski definition) is 3. The number of ether oxygens (including phenoxy) is 2. The first-order chi connectivity index (χ1) is 6.14. The molecule has 0 aliphatic carbocycles. The van der Waals surface area contributed by atoms with E-state index in [9.17, 15) is 9.90 Å². The molecule has 0 spiro atoms. The fraction of sp³-hybridized carbons (Fsp3) is 0.700. The first-order valence-corrected chi connectivity index (χ1v) is 4.28. The lowest BCUT2D eigenvalue weighted by atomic mass is 9.99. The van der Waals surface area contributed by atoms with Crippen LogP contribution in [-0.4, -0.2) is 24.5 Å². The van der Waals surface area contributed by atoms with Gasteiger partial charge in [0.05, 0.1) is 0 Å². The summed E-state index contributed by atoms with van der Waals surface area (Å²) in [7, 11) is 1.32. The predicted molar refractivity (Wildman–Crippen MR) is 51.1 cm³/mol. The fourth-order valence-electron chi connectivity index (χ4n) is 0.674. The summed E-state index contributed by atoms with van der Waals surface area (Å²) in [5.74, 6) is -2.11. The van der Waals surface area contributed by atoms with Crippen molar-refractivity contribution in [1.29, 1.82) is 0 Å². The lowest BCUT2D eigenvalue weighted by Gasteiger charge is -2.36. The Bertz CT molecular complexity index is 239. The molecule has 1 atom stereocenters. The number of methoxy groups -OCH3 is 1. The van der Waals surface area contributed by atoms with Crippen molar-refractivity contribution in [2.45, 2.75) is 39.1 Å². The lowest BCUT2D eigenvalue weighted by Crippen LogP contribution is -2.51. The fourth-order valence-corrected chi connectivity index (χ4v) is 0.674. The molecule has 81 valence electrons. The average Bonchev–Trinajstić information content (AvgIpc) is 2.01. The second-order valence-corrected chi connectivity index (χ2v) is 3.83. The van der Waals surface area contributed by atoms with E-state index in [4.69, 9.17) is 9.47 Å². The van der Waals surface area contributed by atoms with Crippen molar-refractivity contribution in [2.75, 3.05) is 7.11 Å². The van der Waals surface area contributed by atoms with Gasteiger partial charge in [0.2, 0.25) is 5.79 Å². The van der Waals surface area contributed by atoms with Gasteiger partial charge in [0.1, 0.15) is 0 Å². The van der Waals surface area contributed by atoms with Crippen LogP contribution >= 0.6 is 0 Å². The lowest BCUT2D eigenvalue weighted by molar-refractivity contribution is -0.291. The predicted octanol–water partition coefficient (Wildman–Crippen LogP) is 1.68. The van der Waals surface area contributed by atoms with E-state index >= 15 is 0 Å². The topological polar surface area (TPSA) is 55.4 Å². The Balaban J connectivity index is 4.74. The standard InChI is InChI=1S/C10H17O4/c1-7(2)8(11)14-10(5,13-6)9(3,4)12/h1H2,2-6H3. The Hall–Kier alpha value is -0.870. The Labute approximate surface area is 84.5 Å². The molecule has 0 aromatic rings. The van der Waals surface area contributed by atoms with Crippen molar-refractivity contribution in [3.8, 4) is 0 Å². The van der Waals surface area contributed by atoms with E-state index in [0.29, 0.717) is 0 Å². The highest BCUT2D eigenvalue weighted by Gasteiger charge is 2.45. The second-order valence-electron chi connectivity index (χ2n) is 3.83. The molecule has 0 saturated carbocycles. The summed E-state index contributed by atoms with van der Waals surface area (Å²) in [4.78, 5) is 11.2. The van der Waals surface area contributed by atoms with Gasteiger partial charge in [0.25, 0.3) is 0 Å². The number of hydrogen-bond donors (Lipinski definition) is 0. The highest BCUT2D eigenvalue weighted by molar-refractivity contribution is 5.87. The molecule has 0 aliphatic heterocycles. The van der Waals surface area contributed by atoms with Crippen LogP contribution in [0, 0.1) is 0 Å². The first kappa shape index (κ1) is 13.1. The summed E-state index contributed by atoms with van der Waals surface area (Å²) in [5, 5.41) is 11.7. The minimum atomic E-state index is -1.53. The molecule has 14 heavy (non-hydrogen) atoms. The average molecular weight is 201 g/mol. The minimum Gasteiger partial charge on any atom is -0.427 e. The molecule has 0 aromatic heterocycles. The Morgan fingerprint density at radius 3 is 1.93 bits per heavy atom. The molecule has 1 radical (unpaired) electrons. The Kier molecular flexibility index (Phi) is 3.85.